The molecule has 5 heteroatoms. The first-order valence-corrected chi connectivity index (χ1v) is 5.13. The number of nitrogens with one attached hydrogen (secondary N) is 1. The molecule has 0 aromatic heterocycles. The van der Waals surface area contributed by atoms with E-state index in [2.05, 4.69) is 21.2 Å². The first kappa shape index (κ1) is 12.0. The lowest BCUT2D eigenvalue weighted by Gasteiger charge is -2.15. The number of carbonyl (C=O) groups is 1. The molecule has 1 rings (SSSR count). The van der Waals surface area contributed by atoms with Gasteiger partial charge in [0.15, 0.2) is 0 Å². The second-order valence-corrected chi connectivity index (χ2v) is 3.86. The van der Waals surface area contributed by atoms with Gasteiger partial charge in [0.1, 0.15) is 11.8 Å². The minimum Gasteiger partial charge on any atom is -0.496 e. The SMILES string of the molecule is CN[C@H](C(=O)O)c1cc(Br)ccc1OC. The second kappa shape index (κ2) is 5.14. The third-order valence-corrected chi connectivity index (χ3v) is 2.53. The van der Waals surface area contributed by atoms with Crippen LogP contribution in [0, 0.1) is 0 Å². The van der Waals surface area contributed by atoms with Crippen molar-refractivity contribution in [1.82, 2.24) is 5.32 Å². The molecule has 0 fully saturated rings. The van der Waals surface area contributed by atoms with E-state index in [0.29, 0.717) is 11.3 Å². The van der Waals surface area contributed by atoms with Gasteiger partial charge in [0, 0.05) is 10.0 Å². The predicted octanol–water partition coefficient (Wildman–Crippen LogP) is 1.80. The van der Waals surface area contributed by atoms with Crippen LogP contribution in [0.3, 0.4) is 0 Å². The highest BCUT2D eigenvalue weighted by atomic mass is 79.9. The van der Waals surface area contributed by atoms with Gasteiger partial charge in [-0.25, -0.2) is 0 Å². The Morgan fingerprint density at radius 3 is 2.73 bits per heavy atom. The maximum atomic E-state index is 11.0. The summed E-state index contributed by atoms with van der Waals surface area (Å²) in [5.41, 5.74) is 0.599. The Labute approximate surface area is 96.4 Å². The summed E-state index contributed by atoms with van der Waals surface area (Å²) in [6.07, 6.45) is 0. The highest BCUT2D eigenvalue weighted by molar-refractivity contribution is 9.10. The zero-order chi connectivity index (χ0) is 11.4. The third-order valence-electron chi connectivity index (χ3n) is 2.04. The lowest BCUT2D eigenvalue weighted by Crippen LogP contribution is -2.25. The maximum absolute atomic E-state index is 11.0. The third kappa shape index (κ3) is 2.70. The van der Waals surface area contributed by atoms with Crippen molar-refractivity contribution < 1.29 is 14.6 Å². The fourth-order valence-corrected chi connectivity index (χ4v) is 1.72. The second-order valence-electron chi connectivity index (χ2n) is 2.95. The topological polar surface area (TPSA) is 58.6 Å². The van der Waals surface area contributed by atoms with Crippen LogP contribution >= 0.6 is 15.9 Å². The minimum absolute atomic E-state index is 0.556. The van der Waals surface area contributed by atoms with Crippen LogP contribution < -0.4 is 10.1 Å². The van der Waals surface area contributed by atoms with E-state index in [1.165, 1.54) is 7.11 Å². The molecule has 0 saturated heterocycles. The zero-order valence-electron chi connectivity index (χ0n) is 8.45. The van der Waals surface area contributed by atoms with Gasteiger partial charge in [0.05, 0.1) is 7.11 Å². The van der Waals surface area contributed by atoms with Gasteiger partial charge in [-0.2, -0.15) is 0 Å². The summed E-state index contributed by atoms with van der Waals surface area (Å²) in [5.74, 6) is -0.381. The molecule has 0 aliphatic rings. The Hall–Kier alpha value is -1.07. The normalized spacial score (nSPS) is 12.2. The molecule has 0 aliphatic carbocycles. The van der Waals surface area contributed by atoms with E-state index < -0.39 is 12.0 Å². The molecule has 1 aromatic rings. The van der Waals surface area contributed by atoms with Crippen LogP contribution in [-0.2, 0) is 4.79 Å². The largest absolute Gasteiger partial charge is 0.496 e. The predicted molar refractivity (Wildman–Crippen MR) is 60.1 cm³/mol. The summed E-state index contributed by atoms with van der Waals surface area (Å²) in [6, 6.07) is 4.50. The molecule has 0 heterocycles. The lowest BCUT2D eigenvalue weighted by molar-refractivity contribution is -0.139. The van der Waals surface area contributed by atoms with Crippen LogP contribution in [0.4, 0.5) is 0 Å². The van der Waals surface area contributed by atoms with Gasteiger partial charge < -0.3 is 15.2 Å². The summed E-state index contributed by atoms with van der Waals surface area (Å²) in [7, 11) is 3.11. The molecular formula is C10H12BrNO3. The fourth-order valence-electron chi connectivity index (χ4n) is 1.34. The van der Waals surface area contributed by atoms with Crippen molar-refractivity contribution in [3.63, 3.8) is 0 Å². The van der Waals surface area contributed by atoms with Crippen molar-refractivity contribution in [1.29, 1.82) is 0 Å². The monoisotopic (exact) mass is 273 g/mol. The first-order chi connectivity index (χ1) is 7.10. The van der Waals surface area contributed by atoms with Crippen molar-refractivity contribution >= 4 is 21.9 Å². The molecule has 0 amide bonds. The van der Waals surface area contributed by atoms with Crippen LogP contribution in [0.25, 0.3) is 0 Å². The number of benzene rings is 1. The van der Waals surface area contributed by atoms with E-state index in [9.17, 15) is 4.79 Å². The smallest absolute Gasteiger partial charge is 0.325 e. The highest BCUT2D eigenvalue weighted by Gasteiger charge is 2.21. The van der Waals surface area contributed by atoms with E-state index >= 15 is 0 Å². The maximum Gasteiger partial charge on any atom is 0.325 e. The number of ether oxygens (including phenoxy) is 1. The Balaban J connectivity index is 3.19. The van der Waals surface area contributed by atoms with Gasteiger partial charge >= 0.3 is 5.97 Å². The van der Waals surface area contributed by atoms with Crippen molar-refractivity contribution in [3.8, 4) is 5.75 Å². The van der Waals surface area contributed by atoms with Crippen LogP contribution in [0.2, 0.25) is 0 Å². The lowest BCUT2D eigenvalue weighted by atomic mass is 10.1. The fraction of sp³-hybridized carbons (Fsp3) is 0.300. The van der Waals surface area contributed by atoms with Crippen LogP contribution in [0.15, 0.2) is 22.7 Å². The minimum atomic E-state index is -0.936. The number of carboxylic acid groups (broad SMARTS) is 1. The number of likely N-dealkylation sites (N-methyl/N-ethyl adjacent to an activating group) is 1. The number of hydrogen-bond acceptors (Lipinski definition) is 3. The Kier molecular flexibility index (Phi) is 4.11. The number of methoxy groups -OCH3 is 1. The van der Waals surface area contributed by atoms with Crippen LogP contribution in [0.5, 0.6) is 5.75 Å². The van der Waals surface area contributed by atoms with E-state index in [1.54, 1.807) is 25.2 Å². The van der Waals surface area contributed by atoms with E-state index in [-0.39, 0.29) is 0 Å². The molecule has 2 N–H and O–H groups in total. The quantitative estimate of drug-likeness (QED) is 0.879. The van der Waals surface area contributed by atoms with Crippen molar-refractivity contribution in [2.45, 2.75) is 6.04 Å². The Morgan fingerprint density at radius 2 is 2.27 bits per heavy atom. The molecule has 0 bridgehead atoms. The number of halogens is 1. The van der Waals surface area contributed by atoms with Gasteiger partial charge in [0.25, 0.3) is 0 Å². The molecule has 4 nitrogen and oxygen atoms in total. The molecule has 15 heavy (non-hydrogen) atoms. The van der Waals surface area contributed by atoms with Gasteiger partial charge in [-0.05, 0) is 25.2 Å². The average molecular weight is 274 g/mol. The summed E-state index contributed by atoms with van der Waals surface area (Å²) in [6.45, 7) is 0. The molecule has 0 spiro atoms. The van der Waals surface area contributed by atoms with Crippen molar-refractivity contribution in [3.05, 3.63) is 28.2 Å². The molecule has 1 aromatic carbocycles. The van der Waals surface area contributed by atoms with Gasteiger partial charge in [-0.15, -0.1) is 0 Å². The summed E-state index contributed by atoms with van der Waals surface area (Å²) < 4.78 is 5.93. The number of rotatable bonds is 4. The van der Waals surface area contributed by atoms with E-state index in [1.807, 2.05) is 0 Å². The number of aliphatic carboxylic acids is 1. The summed E-state index contributed by atoms with van der Waals surface area (Å²) in [5, 5.41) is 11.7. The molecule has 1 atom stereocenters. The molecule has 0 aliphatic heterocycles. The van der Waals surface area contributed by atoms with Crippen LogP contribution in [0.1, 0.15) is 11.6 Å². The molecule has 82 valence electrons. The summed E-state index contributed by atoms with van der Waals surface area (Å²) >= 11 is 3.30. The van der Waals surface area contributed by atoms with E-state index in [4.69, 9.17) is 9.84 Å². The average Bonchev–Trinajstić information content (AvgIpc) is 2.18. The first-order valence-electron chi connectivity index (χ1n) is 4.33. The molecule has 0 radical (unpaired) electrons. The number of hydrogen-bond donors (Lipinski definition) is 2. The standard InChI is InChI=1S/C10H12BrNO3/c1-12-9(10(13)14)7-5-6(11)3-4-8(7)15-2/h3-5,9,12H,1-2H3,(H,13,14)/t9-/m0/s1. The summed E-state index contributed by atoms with van der Waals surface area (Å²) in [4.78, 5) is 11.0. The Bertz CT molecular complexity index is 368. The van der Waals surface area contributed by atoms with Crippen molar-refractivity contribution in [2.75, 3.05) is 14.2 Å². The highest BCUT2D eigenvalue weighted by Crippen LogP contribution is 2.28. The zero-order valence-corrected chi connectivity index (χ0v) is 10.0. The molecular weight excluding hydrogens is 262 g/mol. The van der Waals surface area contributed by atoms with Gasteiger partial charge in [-0.3, -0.25) is 4.79 Å². The number of carboxylic acids is 1. The molecule has 0 unspecified atom stereocenters. The van der Waals surface area contributed by atoms with Gasteiger partial charge in [-0.1, -0.05) is 15.9 Å². The van der Waals surface area contributed by atoms with Crippen molar-refractivity contribution in [2.24, 2.45) is 0 Å². The van der Waals surface area contributed by atoms with Crippen LogP contribution in [-0.4, -0.2) is 25.2 Å². The Morgan fingerprint density at radius 1 is 1.60 bits per heavy atom. The van der Waals surface area contributed by atoms with E-state index in [0.717, 1.165) is 4.47 Å². The van der Waals surface area contributed by atoms with Gasteiger partial charge in [0.2, 0.25) is 0 Å². The molecule has 0 saturated carbocycles.